The van der Waals surface area contributed by atoms with Gasteiger partial charge in [0.1, 0.15) is 17.4 Å². The van der Waals surface area contributed by atoms with E-state index < -0.39 is 23.4 Å². The third kappa shape index (κ3) is 2.79. The maximum atomic E-state index is 14.1. The summed E-state index contributed by atoms with van der Waals surface area (Å²) in [5, 5.41) is 0.0933. The predicted octanol–water partition coefficient (Wildman–Crippen LogP) is 5.81. The van der Waals surface area contributed by atoms with E-state index in [-0.39, 0.29) is 16.3 Å². The van der Waals surface area contributed by atoms with E-state index in [1.54, 1.807) is 6.07 Å². The summed E-state index contributed by atoms with van der Waals surface area (Å²) in [6, 6.07) is 10.2. The summed E-state index contributed by atoms with van der Waals surface area (Å²) in [7, 11) is 1.41. The van der Waals surface area contributed by atoms with Crippen molar-refractivity contribution in [1.82, 2.24) is 0 Å². The summed E-state index contributed by atoms with van der Waals surface area (Å²) in [5.41, 5.74) is -0.641. The van der Waals surface area contributed by atoms with Crippen LogP contribution >= 0.6 is 0 Å². The molecule has 3 rings (SSSR count). The lowest BCUT2D eigenvalue weighted by Crippen LogP contribution is -2.08. The zero-order valence-electron chi connectivity index (χ0n) is 12.4. The van der Waals surface area contributed by atoms with Gasteiger partial charge in [-0.2, -0.15) is 13.2 Å². The van der Waals surface area contributed by atoms with Crippen LogP contribution in [0.15, 0.2) is 48.5 Å². The zero-order chi connectivity index (χ0) is 17.5. The van der Waals surface area contributed by atoms with Gasteiger partial charge >= 0.3 is 6.18 Å². The number of halogens is 5. The molecule has 0 aliphatic heterocycles. The molecule has 0 atom stereocenters. The lowest BCUT2D eigenvalue weighted by molar-refractivity contribution is -0.139. The van der Waals surface area contributed by atoms with E-state index in [0.717, 1.165) is 0 Å². The minimum absolute atomic E-state index is 0.164. The molecular formula is C18H11F5O. The molecule has 0 heterocycles. The molecule has 0 saturated heterocycles. The standard InChI is InChI=1S/C18H11F5O/c1-24-12-4-6-13(16(19)9-12)10-2-5-14-11(8-10)3-7-15(17(14)20)18(21,22)23/h2-9H,1H3. The van der Waals surface area contributed by atoms with E-state index in [0.29, 0.717) is 17.4 Å². The third-order valence-electron chi connectivity index (χ3n) is 3.75. The fraction of sp³-hybridized carbons (Fsp3) is 0.111. The molecule has 3 aromatic carbocycles. The van der Waals surface area contributed by atoms with Crippen LogP contribution in [0.1, 0.15) is 5.56 Å². The first-order valence-electron chi connectivity index (χ1n) is 6.94. The number of benzene rings is 3. The Balaban J connectivity index is 2.13. The Hall–Kier alpha value is -2.63. The molecular weight excluding hydrogens is 327 g/mol. The van der Waals surface area contributed by atoms with Crippen molar-refractivity contribution in [3.63, 3.8) is 0 Å². The van der Waals surface area contributed by atoms with Gasteiger partial charge in [0.15, 0.2) is 0 Å². The highest BCUT2D eigenvalue weighted by Gasteiger charge is 2.34. The maximum absolute atomic E-state index is 14.1. The maximum Gasteiger partial charge on any atom is 0.419 e. The molecule has 0 unspecified atom stereocenters. The van der Waals surface area contributed by atoms with Crippen LogP contribution in [0.2, 0.25) is 0 Å². The molecule has 0 saturated carbocycles. The summed E-state index contributed by atoms with van der Waals surface area (Å²) in [6.07, 6.45) is -4.76. The molecule has 0 spiro atoms. The molecule has 24 heavy (non-hydrogen) atoms. The normalized spacial score (nSPS) is 11.8. The van der Waals surface area contributed by atoms with Gasteiger partial charge in [0.25, 0.3) is 0 Å². The first kappa shape index (κ1) is 16.2. The molecule has 6 heteroatoms. The van der Waals surface area contributed by atoms with Crippen molar-refractivity contribution in [2.24, 2.45) is 0 Å². The smallest absolute Gasteiger partial charge is 0.419 e. The van der Waals surface area contributed by atoms with Gasteiger partial charge < -0.3 is 4.74 Å². The van der Waals surface area contributed by atoms with Gasteiger partial charge in [-0.1, -0.05) is 18.2 Å². The molecule has 0 N–H and O–H groups in total. The van der Waals surface area contributed by atoms with Crippen LogP contribution in [0.3, 0.4) is 0 Å². The van der Waals surface area contributed by atoms with Gasteiger partial charge in [0.05, 0.1) is 12.7 Å². The third-order valence-corrected chi connectivity index (χ3v) is 3.75. The average Bonchev–Trinajstić information content (AvgIpc) is 2.53. The SMILES string of the molecule is COc1ccc(-c2ccc3c(F)c(C(F)(F)F)ccc3c2)c(F)c1. The number of alkyl halides is 3. The van der Waals surface area contributed by atoms with Crippen molar-refractivity contribution in [2.75, 3.05) is 7.11 Å². The van der Waals surface area contributed by atoms with Crippen molar-refractivity contribution in [3.8, 4) is 16.9 Å². The van der Waals surface area contributed by atoms with Crippen LogP contribution in [-0.2, 0) is 6.18 Å². The van der Waals surface area contributed by atoms with Crippen molar-refractivity contribution in [2.45, 2.75) is 6.18 Å². The van der Waals surface area contributed by atoms with Crippen LogP contribution in [-0.4, -0.2) is 7.11 Å². The number of methoxy groups -OCH3 is 1. The summed E-state index contributed by atoms with van der Waals surface area (Å²) in [4.78, 5) is 0. The Morgan fingerprint density at radius 1 is 0.875 bits per heavy atom. The van der Waals surface area contributed by atoms with Crippen molar-refractivity contribution in [1.29, 1.82) is 0 Å². The summed E-state index contributed by atoms with van der Waals surface area (Å²) >= 11 is 0. The molecule has 1 nitrogen and oxygen atoms in total. The van der Waals surface area contributed by atoms with Gasteiger partial charge in [-0.15, -0.1) is 0 Å². The minimum Gasteiger partial charge on any atom is -0.497 e. The first-order chi connectivity index (χ1) is 11.3. The van der Waals surface area contributed by atoms with E-state index >= 15 is 0 Å². The summed E-state index contributed by atoms with van der Waals surface area (Å²) in [6.45, 7) is 0. The second-order valence-corrected chi connectivity index (χ2v) is 5.21. The zero-order valence-corrected chi connectivity index (χ0v) is 12.4. The molecule has 0 fully saturated rings. The van der Waals surface area contributed by atoms with Gasteiger partial charge in [-0.3, -0.25) is 0 Å². The van der Waals surface area contributed by atoms with Gasteiger partial charge in [0, 0.05) is 17.0 Å². The fourth-order valence-electron chi connectivity index (χ4n) is 2.54. The first-order valence-corrected chi connectivity index (χ1v) is 6.94. The van der Waals surface area contributed by atoms with Gasteiger partial charge in [-0.05, 0) is 35.2 Å². The van der Waals surface area contributed by atoms with Crippen molar-refractivity contribution >= 4 is 10.8 Å². The van der Waals surface area contributed by atoms with Crippen molar-refractivity contribution in [3.05, 3.63) is 65.7 Å². The highest BCUT2D eigenvalue weighted by Crippen LogP contribution is 2.36. The fourth-order valence-corrected chi connectivity index (χ4v) is 2.54. The van der Waals surface area contributed by atoms with Crippen LogP contribution < -0.4 is 4.74 Å². The van der Waals surface area contributed by atoms with Crippen LogP contribution in [0.5, 0.6) is 5.75 Å². The Bertz CT molecular complexity index is 915. The second kappa shape index (κ2) is 5.78. The van der Waals surface area contributed by atoms with E-state index in [2.05, 4.69) is 0 Å². The minimum atomic E-state index is -4.76. The Kier molecular flexibility index (Phi) is 3.91. The largest absolute Gasteiger partial charge is 0.497 e. The summed E-state index contributed by atoms with van der Waals surface area (Å²) in [5.74, 6) is -1.53. The molecule has 0 bridgehead atoms. The number of hydrogen-bond acceptors (Lipinski definition) is 1. The molecule has 0 aromatic heterocycles. The molecule has 3 aromatic rings. The van der Waals surface area contributed by atoms with E-state index in [1.807, 2.05) is 0 Å². The van der Waals surface area contributed by atoms with Crippen LogP contribution in [0, 0.1) is 11.6 Å². The van der Waals surface area contributed by atoms with Crippen LogP contribution in [0.25, 0.3) is 21.9 Å². The molecule has 124 valence electrons. The van der Waals surface area contributed by atoms with Crippen LogP contribution in [0.4, 0.5) is 22.0 Å². The topological polar surface area (TPSA) is 9.23 Å². The highest BCUT2D eigenvalue weighted by molar-refractivity contribution is 5.88. The van der Waals surface area contributed by atoms with Crippen molar-refractivity contribution < 1.29 is 26.7 Å². The molecule has 0 aliphatic rings. The Morgan fingerprint density at radius 2 is 1.62 bits per heavy atom. The number of rotatable bonds is 2. The molecule has 0 amide bonds. The number of fused-ring (bicyclic) bond motifs is 1. The van der Waals surface area contributed by atoms with E-state index in [4.69, 9.17) is 4.74 Å². The molecule has 0 aliphatic carbocycles. The summed E-state index contributed by atoms with van der Waals surface area (Å²) < 4.78 is 71.3. The molecule has 0 radical (unpaired) electrons. The number of ether oxygens (including phenoxy) is 1. The Labute approximate surface area is 134 Å². The van der Waals surface area contributed by atoms with Gasteiger partial charge in [0.2, 0.25) is 0 Å². The predicted molar refractivity (Wildman–Crippen MR) is 80.9 cm³/mol. The quantitative estimate of drug-likeness (QED) is 0.536. The Morgan fingerprint density at radius 3 is 2.25 bits per heavy atom. The number of hydrogen-bond donors (Lipinski definition) is 0. The monoisotopic (exact) mass is 338 g/mol. The van der Waals surface area contributed by atoms with E-state index in [1.165, 1.54) is 43.5 Å². The highest BCUT2D eigenvalue weighted by atomic mass is 19.4. The van der Waals surface area contributed by atoms with Gasteiger partial charge in [-0.25, -0.2) is 8.78 Å². The van der Waals surface area contributed by atoms with E-state index in [9.17, 15) is 22.0 Å². The second-order valence-electron chi connectivity index (χ2n) is 5.21. The lowest BCUT2D eigenvalue weighted by atomic mass is 9.99. The average molecular weight is 338 g/mol. The lowest BCUT2D eigenvalue weighted by Gasteiger charge is -2.11.